The van der Waals surface area contributed by atoms with Crippen molar-refractivity contribution in [2.45, 2.75) is 20.0 Å². The number of rotatable bonds is 12. The minimum atomic E-state index is -0.676. The lowest BCUT2D eigenvalue weighted by Gasteiger charge is -2.15. The number of hydrogen-bond donors (Lipinski definition) is 0. The fourth-order valence-corrected chi connectivity index (χ4v) is 4.41. The van der Waals surface area contributed by atoms with Crippen LogP contribution < -0.4 is 9.47 Å². The maximum Gasteiger partial charge on any atom is 0.356 e. The molecule has 3 aromatic carbocycles. The van der Waals surface area contributed by atoms with E-state index in [4.69, 9.17) is 19.0 Å². The molecule has 0 aliphatic rings. The standard InChI is InChI=1S/C26H22Br2N2O8/c1-3-36-26(32)21(29-37-15-16-7-5-4-6-8-16)10-17-9-20(28)25(35-2)24(11-17)38-23-13-22(30(33)34)18(14-31)12-19(23)27/h4-9,11-14H,3,10,15H2,1-2H3/b29-21-. The second kappa shape index (κ2) is 13.7. The van der Waals surface area contributed by atoms with E-state index >= 15 is 0 Å². The molecule has 3 rings (SSSR count). The molecule has 0 N–H and O–H groups in total. The second-order valence-corrected chi connectivity index (χ2v) is 9.33. The number of oxime groups is 1. The van der Waals surface area contributed by atoms with E-state index < -0.39 is 16.6 Å². The van der Waals surface area contributed by atoms with Gasteiger partial charge in [-0.15, -0.1) is 0 Å². The predicted octanol–water partition coefficient (Wildman–Crippen LogP) is 6.41. The third-order valence-electron chi connectivity index (χ3n) is 5.03. The molecule has 0 spiro atoms. The van der Waals surface area contributed by atoms with Crippen LogP contribution in [-0.2, 0) is 27.4 Å². The van der Waals surface area contributed by atoms with Crippen LogP contribution in [0.3, 0.4) is 0 Å². The second-order valence-electron chi connectivity index (χ2n) is 7.62. The van der Waals surface area contributed by atoms with Crippen LogP contribution in [-0.4, -0.2) is 36.6 Å². The lowest BCUT2D eigenvalue weighted by Crippen LogP contribution is -2.20. The number of halogens is 2. The number of esters is 1. The van der Waals surface area contributed by atoms with Crippen molar-refractivity contribution in [2.24, 2.45) is 5.16 Å². The highest BCUT2D eigenvalue weighted by molar-refractivity contribution is 9.11. The van der Waals surface area contributed by atoms with Crippen molar-refractivity contribution in [2.75, 3.05) is 13.7 Å². The molecule has 38 heavy (non-hydrogen) atoms. The number of aldehydes is 1. The Morgan fingerprint density at radius 1 is 1.05 bits per heavy atom. The molecule has 0 aromatic heterocycles. The van der Waals surface area contributed by atoms with Crippen molar-refractivity contribution in [1.82, 2.24) is 0 Å². The molecular weight excluding hydrogens is 628 g/mol. The van der Waals surface area contributed by atoms with Crippen molar-refractivity contribution in [3.05, 3.63) is 90.3 Å². The Balaban J connectivity index is 1.94. The summed E-state index contributed by atoms with van der Waals surface area (Å²) in [6, 6.07) is 15.1. The lowest BCUT2D eigenvalue weighted by atomic mass is 10.1. The molecule has 0 unspecified atom stereocenters. The summed E-state index contributed by atoms with van der Waals surface area (Å²) in [6.07, 6.45) is 0.415. The van der Waals surface area contributed by atoms with Gasteiger partial charge in [0.2, 0.25) is 0 Å². The molecule has 198 valence electrons. The quantitative estimate of drug-likeness (QED) is 0.0724. The maximum absolute atomic E-state index is 12.6. The molecule has 0 heterocycles. The fourth-order valence-electron chi connectivity index (χ4n) is 3.31. The first kappa shape index (κ1) is 28.8. The molecule has 12 heteroatoms. The summed E-state index contributed by atoms with van der Waals surface area (Å²) in [5, 5.41) is 15.4. The van der Waals surface area contributed by atoms with E-state index in [1.165, 1.54) is 13.2 Å². The summed E-state index contributed by atoms with van der Waals surface area (Å²) < 4.78 is 17.4. The van der Waals surface area contributed by atoms with Gasteiger partial charge in [-0.1, -0.05) is 35.5 Å². The van der Waals surface area contributed by atoms with Crippen LogP contribution in [0, 0.1) is 10.1 Å². The summed E-state index contributed by atoms with van der Waals surface area (Å²) in [7, 11) is 1.43. The minimum absolute atomic E-state index is 0.0258. The third-order valence-corrected chi connectivity index (χ3v) is 6.24. The molecule has 0 fully saturated rings. The Morgan fingerprint density at radius 3 is 2.42 bits per heavy atom. The van der Waals surface area contributed by atoms with Crippen molar-refractivity contribution in [3.8, 4) is 17.2 Å². The molecule has 0 aliphatic heterocycles. The van der Waals surface area contributed by atoms with E-state index in [-0.39, 0.29) is 42.4 Å². The smallest absolute Gasteiger partial charge is 0.356 e. The van der Waals surface area contributed by atoms with E-state index in [9.17, 15) is 19.7 Å². The fraction of sp³-hybridized carbons (Fsp3) is 0.192. The van der Waals surface area contributed by atoms with Crippen LogP contribution in [0.25, 0.3) is 0 Å². The predicted molar refractivity (Wildman–Crippen MR) is 146 cm³/mol. The first-order chi connectivity index (χ1) is 18.3. The lowest BCUT2D eigenvalue weighted by molar-refractivity contribution is -0.385. The highest BCUT2D eigenvalue weighted by atomic mass is 79.9. The van der Waals surface area contributed by atoms with Crippen LogP contribution in [0.4, 0.5) is 5.69 Å². The van der Waals surface area contributed by atoms with Gasteiger partial charge in [-0.3, -0.25) is 14.9 Å². The Labute approximate surface area is 234 Å². The topological polar surface area (TPSA) is 127 Å². The van der Waals surface area contributed by atoms with Crippen molar-refractivity contribution >= 4 is 55.5 Å². The molecular formula is C26H22Br2N2O8. The van der Waals surface area contributed by atoms with Gasteiger partial charge in [0, 0.05) is 6.42 Å². The van der Waals surface area contributed by atoms with Gasteiger partial charge >= 0.3 is 5.97 Å². The van der Waals surface area contributed by atoms with E-state index in [1.807, 2.05) is 30.3 Å². The van der Waals surface area contributed by atoms with Crippen LogP contribution in [0.1, 0.15) is 28.4 Å². The largest absolute Gasteiger partial charge is 0.492 e. The van der Waals surface area contributed by atoms with Crippen LogP contribution in [0.2, 0.25) is 0 Å². The van der Waals surface area contributed by atoms with Gasteiger partial charge in [-0.05, 0) is 68.1 Å². The van der Waals surface area contributed by atoms with Crippen molar-refractivity contribution < 1.29 is 33.6 Å². The number of nitro benzene ring substituents is 1. The molecule has 10 nitrogen and oxygen atoms in total. The molecule has 0 amide bonds. The molecule has 3 aromatic rings. The van der Waals surface area contributed by atoms with Gasteiger partial charge in [-0.25, -0.2) is 4.79 Å². The number of nitrogens with zero attached hydrogens (tertiary/aromatic N) is 2. The molecule has 0 aliphatic carbocycles. The van der Waals surface area contributed by atoms with Gasteiger partial charge < -0.3 is 19.0 Å². The Hall–Kier alpha value is -3.77. The number of hydrogen-bond acceptors (Lipinski definition) is 9. The SMILES string of the molecule is CCOC(=O)/C(Cc1cc(Br)c(OC)c(Oc2cc([N+](=O)[O-])c(C=O)cc2Br)c1)=N\OCc1ccccc1. The number of nitro groups is 1. The van der Waals surface area contributed by atoms with Gasteiger partial charge in [0.05, 0.1) is 39.2 Å². The molecule has 0 bridgehead atoms. The number of carbonyl (C=O) groups excluding carboxylic acids is 2. The zero-order chi connectivity index (χ0) is 27.7. The summed E-state index contributed by atoms with van der Waals surface area (Å²) in [4.78, 5) is 40.0. The minimum Gasteiger partial charge on any atom is -0.492 e. The van der Waals surface area contributed by atoms with Gasteiger partial charge in [-0.2, -0.15) is 0 Å². The average molecular weight is 650 g/mol. The molecule has 0 radical (unpaired) electrons. The van der Waals surface area contributed by atoms with Gasteiger partial charge in [0.1, 0.15) is 12.4 Å². The average Bonchev–Trinajstić information content (AvgIpc) is 2.89. The maximum atomic E-state index is 12.6. The summed E-state index contributed by atoms with van der Waals surface area (Å²) in [5.74, 6) is -0.0650. The van der Waals surface area contributed by atoms with Crippen LogP contribution in [0.5, 0.6) is 17.2 Å². The van der Waals surface area contributed by atoms with E-state index in [0.717, 1.165) is 11.6 Å². The number of ether oxygens (including phenoxy) is 3. The van der Waals surface area contributed by atoms with Crippen LogP contribution >= 0.6 is 31.9 Å². The molecule has 0 saturated heterocycles. The third kappa shape index (κ3) is 7.39. The Kier molecular flexibility index (Phi) is 10.4. The van der Waals surface area contributed by atoms with E-state index in [0.29, 0.717) is 26.5 Å². The normalized spacial score (nSPS) is 11.0. The molecule has 0 saturated carbocycles. The molecule has 0 atom stereocenters. The number of benzene rings is 3. The van der Waals surface area contributed by atoms with Gasteiger partial charge in [0.15, 0.2) is 23.5 Å². The monoisotopic (exact) mass is 648 g/mol. The van der Waals surface area contributed by atoms with E-state index in [1.54, 1.807) is 19.1 Å². The van der Waals surface area contributed by atoms with Gasteiger partial charge in [0.25, 0.3) is 5.69 Å². The number of methoxy groups -OCH3 is 1. The Morgan fingerprint density at radius 2 is 1.79 bits per heavy atom. The van der Waals surface area contributed by atoms with Crippen LogP contribution in [0.15, 0.2) is 68.7 Å². The summed E-state index contributed by atoms with van der Waals surface area (Å²) in [6.45, 7) is 2.00. The van der Waals surface area contributed by atoms with E-state index in [2.05, 4.69) is 37.0 Å². The zero-order valence-corrected chi connectivity index (χ0v) is 23.5. The zero-order valence-electron chi connectivity index (χ0n) is 20.3. The first-order valence-corrected chi connectivity index (χ1v) is 12.7. The number of carbonyl (C=O) groups is 2. The Bertz CT molecular complexity index is 1360. The highest BCUT2D eigenvalue weighted by Gasteiger charge is 2.22. The highest BCUT2D eigenvalue weighted by Crippen LogP contribution is 2.42. The van der Waals surface area contributed by atoms with Crippen molar-refractivity contribution in [1.29, 1.82) is 0 Å². The summed E-state index contributed by atoms with van der Waals surface area (Å²) >= 11 is 6.71. The first-order valence-electron chi connectivity index (χ1n) is 11.1. The van der Waals surface area contributed by atoms with Crippen molar-refractivity contribution in [3.63, 3.8) is 0 Å². The summed E-state index contributed by atoms with van der Waals surface area (Å²) in [5.41, 5.74) is 0.958.